The average Bonchev–Trinajstić information content (AvgIpc) is 2.31. The SMILES string of the molecule is Fc1cc2cnc(Cl)nn2c1Br. The molecule has 0 spiro atoms. The summed E-state index contributed by atoms with van der Waals surface area (Å²) in [6.45, 7) is 0. The second-order valence-electron chi connectivity index (χ2n) is 2.15. The maximum absolute atomic E-state index is 12.9. The maximum Gasteiger partial charge on any atom is 0.241 e. The van der Waals surface area contributed by atoms with Gasteiger partial charge in [-0.2, -0.15) is 0 Å². The van der Waals surface area contributed by atoms with E-state index in [1.807, 2.05) is 0 Å². The highest BCUT2D eigenvalue weighted by Gasteiger charge is 2.08. The highest BCUT2D eigenvalue weighted by molar-refractivity contribution is 9.10. The van der Waals surface area contributed by atoms with Crippen LogP contribution in [0.3, 0.4) is 0 Å². The summed E-state index contributed by atoms with van der Waals surface area (Å²) in [5.74, 6) is -0.383. The Hall–Kier alpha value is -0.680. The van der Waals surface area contributed by atoms with Gasteiger partial charge in [-0.25, -0.2) is 13.9 Å². The van der Waals surface area contributed by atoms with Crippen molar-refractivity contribution in [2.24, 2.45) is 0 Å². The van der Waals surface area contributed by atoms with Crippen LogP contribution >= 0.6 is 27.5 Å². The van der Waals surface area contributed by atoms with Crippen LogP contribution in [-0.2, 0) is 0 Å². The molecular formula is C6H2BrClFN3. The summed E-state index contributed by atoms with van der Waals surface area (Å²) in [7, 11) is 0. The van der Waals surface area contributed by atoms with E-state index in [2.05, 4.69) is 26.0 Å². The number of rotatable bonds is 0. The molecule has 0 N–H and O–H groups in total. The minimum atomic E-state index is -0.383. The number of aromatic nitrogens is 3. The Morgan fingerprint density at radius 1 is 1.58 bits per heavy atom. The molecule has 0 saturated heterocycles. The first kappa shape index (κ1) is 7.94. The van der Waals surface area contributed by atoms with Gasteiger partial charge in [0.15, 0.2) is 5.82 Å². The van der Waals surface area contributed by atoms with Crippen molar-refractivity contribution in [1.29, 1.82) is 0 Å². The number of nitrogens with zero attached hydrogens (tertiary/aromatic N) is 3. The van der Waals surface area contributed by atoms with E-state index in [9.17, 15) is 4.39 Å². The summed E-state index contributed by atoms with van der Waals surface area (Å²) in [6.07, 6.45) is 1.45. The van der Waals surface area contributed by atoms with Crippen molar-refractivity contribution in [1.82, 2.24) is 14.6 Å². The van der Waals surface area contributed by atoms with Crippen molar-refractivity contribution in [3.8, 4) is 0 Å². The largest absolute Gasteiger partial charge is 0.241 e. The molecule has 0 saturated carbocycles. The molecule has 2 aromatic heterocycles. The van der Waals surface area contributed by atoms with E-state index in [1.54, 1.807) is 0 Å². The van der Waals surface area contributed by atoms with Crippen LogP contribution in [0.4, 0.5) is 4.39 Å². The Morgan fingerprint density at radius 3 is 3.08 bits per heavy atom. The topological polar surface area (TPSA) is 30.2 Å². The fraction of sp³-hybridized carbons (Fsp3) is 0. The lowest BCUT2D eigenvalue weighted by Crippen LogP contribution is -1.93. The normalized spacial score (nSPS) is 10.9. The molecule has 0 unspecified atom stereocenters. The Bertz CT molecular complexity index is 442. The molecule has 0 amide bonds. The van der Waals surface area contributed by atoms with Gasteiger partial charge in [0.25, 0.3) is 0 Å². The van der Waals surface area contributed by atoms with Gasteiger partial charge >= 0.3 is 0 Å². The third-order valence-electron chi connectivity index (χ3n) is 1.39. The van der Waals surface area contributed by atoms with Gasteiger partial charge in [0, 0.05) is 6.07 Å². The van der Waals surface area contributed by atoms with Crippen molar-refractivity contribution in [3.63, 3.8) is 0 Å². The van der Waals surface area contributed by atoms with Gasteiger partial charge in [-0.3, -0.25) is 0 Å². The molecule has 3 nitrogen and oxygen atoms in total. The fourth-order valence-corrected chi connectivity index (χ4v) is 1.41. The molecule has 0 fully saturated rings. The predicted molar refractivity (Wildman–Crippen MR) is 45.7 cm³/mol. The summed E-state index contributed by atoms with van der Waals surface area (Å²) >= 11 is 8.54. The van der Waals surface area contributed by atoms with Crippen molar-refractivity contribution in [2.45, 2.75) is 0 Å². The second kappa shape index (κ2) is 2.67. The minimum Gasteiger partial charge on any atom is -0.223 e. The van der Waals surface area contributed by atoms with Crippen LogP contribution in [0.1, 0.15) is 0 Å². The molecular weight excluding hydrogens is 248 g/mol. The summed E-state index contributed by atoms with van der Waals surface area (Å²) in [6, 6.07) is 1.32. The quantitative estimate of drug-likeness (QED) is 0.718. The first-order chi connectivity index (χ1) is 5.68. The van der Waals surface area contributed by atoms with Crippen molar-refractivity contribution in [3.05, 3.63) is 28.0 Å². The first-order valence-electron chi connectivity index (χ1n) is 3.04. The zero-order valence-corrected chi connectivity index (χ0v) is 7.97. The Labute approximate surface area is 80.3 Å². The lowest BCUT2D eigenvalue weighted by molar-refractivity contribution is 0.616. The molecule has 2 aromatic rings. The number of hydrogen-bond donors (Lipinski definition) is 0. The van der Waals surface area contributed by atoms with Gasteiger partial charge in [0.05, 0.1) is 11.7 Å². The molecule has 0 aliphatic carbocycles. The van der Waals surface area contributed by atoms with E-state index in [0.29, 0.717) is 5.52 Å². The Morgan fingerprint density at radius 2 is 2.33 bits per heavy atom. The van der Waals surface area contributed by atoms with E-state index in [-0.39, 0.29) is 15.7 Å². The van der Waals surface area contributed by atoms with Crippen LogP contribution in [0.2, 0.25) is 5.28 Å². The van der Waals surface area contributed by atoms with Crippen LogP contribution in [0, 0.1) is 5.82 Å². The molecule has 6 heteroatoms. The zero-order valence-electron chi connectivity index (χ0n) is 5.63. The third kappa shape index (κ3) is 1.09. The highest BCUT2D eigenvalue weighted by atomic mass is 79.9. The van der Waals surface area contributed by atoms with Gasteiger partial charge in [0.1, 0.15) is 4.60 Å². The van der Waals surface area contributed by atoms with Crippen molar-refractivity contribution < 1.29 is 4.39 Å². The van der Waals surface area contributed by atoms with Gasteiger partial charge in [-0.05, 0) is 27.5 Å². The monoisotopic (exact) mass is 249 g/mol. The van der Waals surface area contributed by atoms with Crippen molar-refractivity contribution >= 4 is 33.0 Å². The fourth-order valence-electron chi connectivity index (χ4n) is 0.886. The van der Waals surface area contributed by atoms with E-state index in [0.717, 1.165) is 0 Å². The predicted octanol–water partition coefficient (Wildman–Crippen LogP) is 2.28. The minimum absolute atomic E-state index is 0.0822. The smallest absolute Gasteiger partial charge is 0.223 e. The van der Waals surface area contributed by atoms with Crippen LogP contribution in [0.25, 0.3) is 5.52 Å². The van der Waals surface area contributed by atoms with E-state index < -0.39 is 0 Å². The first-order valence-corrected chi connectivity index (χ1v) is 4.21. The summed E-state index contributed by atoms with van der Waals surface area (Å²) in [5.41, 5.74) is 0.559. The standard InChI is InChI=1S/C6H2BrClFN3/c7-5-4(9)1-3-2-10-6(8)11-12(3)5/h1-2H. The molecule has 0 radical (unpaired) electrons. The second-order valence-corrected chi connectivity index (χ2v) is 3.24. The average molecular weight is 250 g/mol. The van der Waals surface area contributed by atoms with E-state index >= 15 is 0 Å². The zero-order chi connectivity index (χ0) is 8.72. The Kier molecular flexibility index (Phi) is 1.77. The Balaban J connectivity index is 2.88. The molecule has 0 aliphatic heterocycles. The molecule has 0 bridgehead atoms. The van der Waals surface area contributed by atoms with Gasteiger partial charge in [-0.1, -0.05) is 0 Å². The summed E-state index contributed by atoms with van der Waals surface area (Å²) in [4.78, 5) is 3.71. The van der Waals surface area contributed by atoms with Gasteiger partial charge in [0.2, 0.25) is 5.28 Å². The van der Waals surface area contributed by atoms with E-state index in [4.69, 9.17) is 11.6 Å². The summed E-state index contributed by atoms with van der Waals surface area (Å²) < 4.78 is 14.5. The van der Waals surface area contributed by atoms with Crippen LogP contribution in [0.15, 0.2) is 16.9 Å². The molecule has 2 rings (SSSR count). The lowest BCUT2D eigenvalue weighted by Gasteiger charge is -1.93. The van der Waals surface area contributed by atoms with Crippen LogP contribution in [0.5, 0.6) is 0 Å². The molecule has 12 heavy (non-hydrogen) atoms. The van der Waals surface area contributed by atoms with Crippen LogP contribution < -0.4 is 0 Å². The number of hydrogen-bond acceptors (Lipinski definition) is 2. The summed E-state index contributed by atoms with van der Waals surface area (Å²) in [5, 5.41) is 3.86. The molecule has 0 aromatic carbocycles. The highest BCUT2D eigenvalue weighted by Crippen LogP contribution is 2.19. The number of halogens is 3. The van der Waals surface area contributed by atoms with Gasteiger partial charge < -0.3 is 0 Å². The third-order valence-corrected chi connectivity index (χ3v) is 2.28. The van der Waals surface area contributed by atoms with E-state index in [1.165, 1.54) is 16.8 Å². The van der Waals surface area contributed by atoms with Crippen molar-refractivity contribution in [2.75, 3.05) is 0 Å². The molecule has 2 heterocycles. The van der Waals surface area contributed by atoms with Crippen LogP contribution in [-0.4, -0.2) is 14.6 Å². The molecule has 62 valence electrons. The molecule has 0 atom stereocenters. The number of fused-ring (bicyclic) bond motifs is 1. The maximum atomic E-state index is 12.9. The lowest BCUT2D eigenvalue weighted by atomic mass is 10.5. The molecule has 0 aliphatic rings. The van der Waals surface area contributed by atoms with Gasteiger partial charge in [-0.15, -0.1) is 5.10 Å².